The molecule has 0 amide bonds. The summed E-state index contributed by atoms with van der Waals surface area (Å²) < 4.78 is 32.0. The maximum absolute atomic E-state index is 12.0. The SMILES string of the molecule is CCOC(=O)COc1cc(OC)ccc1Cn1nc(-c2ccccc2)c(Cc2ccc3nsnc3c2)c1OC=O. The van der Waals surface area contributed by atoms with E-state index in [1.807, 2.05) is 54.6 Å². The van der Waals surface area contributed by atoms with E-state index in [1.165, 1.54) is 0 Å². The second-order valence-electron chi connectivity index (χ2n) is 8.70. The van der Waals surface area contributed by atoms with E-state index in [-0.39, 0.29) is 19.8 Å². The third-order valence-electron chi connectivity index (χ3n) is 6.15. The summed E-state index contributed by atoms with van der Waals surface area (Å²) in [6.07, 6.45) is 0.440. The Morgan fingerprint density at radius 1 is 1.02 bits per heavy atom. The number of carbonyl (C=O) groups excluding carboxylic acids is 2. The normalized spacial score (nSPS) is 10.8. The third-order valence-corrected chi connectivity index (χ3v) is 6.71. The van der Waals surface area contributed by atoms with E-state index in [2.05, 4.69) is 8.75 Å². The molecule has 5 rings (SSSR count). The molecule has 0 spiro atoms. The van der Waals surface area contributed by atoms with Gasteiger partial charge in [0.15, 0.2) is 6.61 Å². The van der Waals surface area contributed by atoms with Gasteiger partial charge in [0, 0.05) is 29.2 Å². The first-order valence-corrected chi connectivity index (χ1v) is 13.2. The van der Waals surface area contributed by atoms with Gasteiger partial charge in [-0.3, -0.25) is 4.79 Å². The lowest BCUT2D eigenvalue weighted by Gasteiger charge is -2.14. The summed E-state index contributed by atoms with van der Waals surface area (Å²) >= 11 is 1.16. The predicted octanol–water partition coefficient (Wildman–Crippen LogP) is 4.68. The quantitative estimate of drug-likeness (QED) is 0.159. The summed E-state index contributed by atoms with van der Waals surface area (Å²) in [5, 5.41) is 4.88. The van der Waals surface area contributed by atoms with E-state index in [0.717, 1.165) is 39.5 Å². The standard InChI is InChI=1S/C29H26N4O6S/c1-3-37-27(35)17-38-26-15-22(36-2)11-10-21(26)16-33-29(39-18-34)23(28(30-33)20-7-5-4-6-8-20)13-19-9-12-24-25(14-19)32-40-31-24/h4-12,14-15,18H,3,13,16-17H2,1-2H3. The maximum Gasteiger partial charge on any atom is 0.344 e. The Morgan fingerprint density at radius 2 is 1.85 bits per heavy atom. The van der Waals surface area contributed by atoms with Gasteiger partial charge in [-0.2, -0.15) is 13.8 Å². The fourth-order valence-corrected chi connectivity index (χ4v) is 4.84. The number of benzene rings is 3. The summed E-state index contributed by atoms with van der Waals surface area (Å²) in [4.78, 5) is 23.6. The molecule has 0 atom stereocenters. The van der Waals surface area contributed by atoms with Gasteiger partial charge in [0.1, 0.15) is 22.5 Å². The minimum absolute atomic E-state index is 0.195. The van der Waals surface area contributed by atoms with Crippen LogP contribution in [0.1, 0.15) is 23.6 Å². The molecule has 0 bridgehead atoms. The Hall–Kier alpha value is -4.77. The molecule has 0 fully saturated rings. The first-order valence-electron chi connectivity index (χ1n) is 12.5. The van der Waals surface area contributed by atoms with Crippen LogP contribution in [-0.2, 0) is 27.3 Å². The molecule has 0 saturated carbocycles. The highest BCUT2D eigenvalue weighted by Gasteiger charge is 2.23. The highest BCUT2D eigenvalue weighted by molar-refractivity contribution is 7.00. The summed E-state index contributed by atoms with van der Waals surface area (Å²) in [6.45, 7) is 2.31. The summed E-state index contributed by atoms with van der Waals surface area (Å²) in [6, 6.07) is 20.9. The third kappa shape index (κ3) is 5.94. The zero-order chi connectivity index (χ0) is 27.9. The minimum atomic E-state index is -0.485. The fourth-order valence-electron chi connectivity index (χ4n) is 4.32. The monoisotopic (exact) mass is 558 g/mol. The second-order valence-corrected chi connectivity index (χ2v) is 9.23. The molecule has 204 valence electrons. The second kappa shape index (κ2) is 12.4. The number of ether oxygens (including phenoxy) is 4. The van der Waals surface area contributed by atoms with Gasteiger partial charge in [0.05, 0.1) is 37.7 Å². The number of rotatable bonds is 12. The Labute approximate surface area is 234 Å². The van der Waals surface area contributed by atoms with Crippen molar-refractivity contribution in [3.05, 3.63) is 83.4 Å². The van der Waals surface area contributed by atoms with Crippen molar-refractivity contribution in [1.82, 2.24) is 18.5 Å². The van der Waals surface area contributed by atoms with Gasteiger partial charge in [-0.15, -0.1) is 0 Å². The molecule has 0 N–H and O–H groups in total. The van der Waals surface area contributed by atoms with Gasteiger partial charge in [0.25, 0.3) is 6.47 Å². The van der Waals surface area contributed by atoms with Crippen molar-refractivity contribution in [3.63, 3.8) is 0 Å². The molecule has 0 unspecified atom stereocenters. The van der Waals surface area contributed by atoms with Crippen molar-refractivity contribution < 1.29 is 28.5 Å². The average Bonchev–Trinajstić information content (AvgIpc) is 3.58. The topological polar surface area (TPSA) is 115 Å². The fraction of sp³-hybridized carbons (Fsp3) is 0.207. The minimum Gasteiger partial charge on any atom is -0.497 e. The number of aromatic nitrogens is 4. The van der Waals surface area contributed by atoms with Gasteiger partial charge in [-0.1, -0.05) is 36.4 Å². The van der Waals surface area contributed by atoms with Gasteiger partial charge >= 0.3 is 5.97 Å². The van der Waals surface area contributed by atoms with E-state index in [9.17, 15) is 9.59 Å². The molecule has 0 saturated heterocycles. The molecule has 5 aromatic rings. The number of hydrogen-bond donors (Lipinski definition) is 0. The van der Waals surface area contributed by atoms with Crippen molar-refractivity contribution in [2.75, 3.05) is 20.3 Å². The van der Waals surface area contributed by atoms with Gasteiger partial charge in [0.2, 0.25) is 5.88 Å². The van der Waals surface area contributed by atoms with Crippen molar-refractivity contribution >= 4 is 35.2 Å². The van der Waals surface area contributed by atoms with Crippen LogP contribution >= 0.6 is 11.7 Å². The molecule has 0 radical (unpaired) electrons. The zero-order valence-electron chi connectivity index (χ0n) is 21.9. The van der Waals surface area contributed by atoms with Crippen molar-refractivity contribution in [1.29, 1.82) is 0 Å². The highest BCUT2D eigenvalue weighted by Crippen LogP contribution is 2.35. The van der Waals surface area contributed by atoms with Crippen LogP contribution in [0.15, 0.2) is 66.7 Å². The Bertz CT molecular complexity index is 1630. The van der Waals surface area contributed by atoms with Crippen molar-refractivity contribution in [2.24, 2.45) is 0 Å². The summed E-state index contributed by atoms with van der Waals surface area (Å²) in [7, 11) is 1.55. The molecule has 11 heteroatoms. The van der Waals surface area contributed by atoms with E-state index in [0.29, 0.717) is 41.5 Å². The lowest BCUT2D eigenvalue weighted by atomic mass is 10.0. The van der Waals surface area contributed by atoms with Gasteiger partial charge in [-0.25, -0.2) is 9.48 Å². The lowest BCUT2D eigenvalue weighted by molar-refractivity contribution is -0.145. The highest BCUT2D eigenvalue weighted by atomic mass is 32.1. The summed E-state index contributed by atoms with van der Waals surface area (Å²) in [5.41, 5.74) is 5.58. The van der Waals surface area contributed by atoms with Gasteiger partial charge < -0.3 is 18.9 Å². The molecule has 3 aromatic carbocycles. The Balaban J connectivity index is 1.56. The van der Waals surface area contributed by atoms with Crippen LogP contribution in [0.3, 0.4) is 0 Å². The molecule has 2 aromatic heterocycles. The molecular formula is C29H26N4O6S. The van der Waals surface area contributed by atoms with E-state index in [1.54, 1.807) is 30.8 Å². The first kappa shape index (κ1) is 26.8. The van der Waals surface area contributed by atoms with Crippen LogP contribution in [-0.4, -0.2) is 51.3 Å². The van der Waals surface area contributed by atoms with E-state index in [4.69, 9.17) is 24.0 Å². The zero-order valence-corrected chi connectivity index (χ0v) is 22.7. The number of carbonyl (C=O) groups is 2. The molecule has 2 heterocycles. The number of methoxy groups -OCH3 is 1. The average molecular weight is 559 g/mol. The number of fused-ring (bicyclic) bond motifs is 1. The van der Waals surface area contributed by atoms with Crippen LogP contribution in [0.5, 0.6) is 17.4 Å². The molecule has 0 aliphatic heterocycles. The van der Waals surface area contributed by atoms with Crippen molar-refractivity contribution in [2.45, 2.75) is 19.9 Å². The molecule has 10 nitrogen and oxygen atoms in total. The Morgan fingerprint density at radius 3 is 2.62 bits per heavy atom. The summed E-state index contributed by atoms with van der Waals surface area (Å²) in [5.74, 6) is 0.799. The smallest absolute Gasteiger partial charge is 0.344 e. The van der Waals surface area contributed by atoms with Crippen LogP contribution in [0.25, 0.3) is 22.3 Å². The molecular weight excluding hydrogens is 532 g/mol. The number of hydrogen-bond acceptors (Lipinski definition) is 10. The first-order chi connectivity index (χ1) is 19.6. The number of esters is 1. The largest absolute Gasteiger partial charge is 0.497 e. The van der Waals surface area contributed by atoms with E-state index >= 15 is 0 Å². The predicted molar refractivity (Wildman–Crippen MR) is 149 cm³/mol. The van der Waals surface area contributed by atoms with Crippen molar-refractivity contribution in [3.8, 4) is 28.6 Å². The maximum atomic E-state index is 12.0. The van der Waals surface area contributed by atoms with E-state index < -0.39 is 5.97 Å². The number of nitrogens with zero attached hydrogens (tertiary/aromatic N) is 4. The molecule has 0 aliphatic rings. The molecule has 0 aliphatic carbocycles. The van der Waals surface area contributed by atoms with Crippen LogP contribution < -0.4 is 14.2 Å². The Kier molecular flexibility index (Phi) is 8.31. The van der Waals surface area contributed by atoms with Crippen LogP contribution in [0.2, 0.25) is 0 Å². The molecule has 40 heavy (non-hydrogen) atoms. The van der Waals surface area contributed by atoms with Crippen LogP contribution in [0, 0.1) is 0 Å². The van der Waals surface area contributed by atoms with Crippen LogP contribution in [0.4, 0.5) is 0 Å². The lowest BCUT2D eigenvalue weighted by Crippen LogP contribution is -2.16. The van der Waals surface area contributed by atoms with Gasteiger partial charge in [-0.05, 0) is 36.8 Å².